The lowest BCUT2D eigenvalue weighted by Gasteiger charge is -2.26. The summed E-state index contributed by atoms with van der Waals surface area (Å²) in [5, 5.41) is 7.65. The number of carbonyl (C=O) groups is 1. The van der Waals surface area contributed by atoms with Gasteiger partial charge in [0.25, 0.3) is 5.91 Å². The Morgan fingerprint density at radius 2 is 1.07 bits per heavy atom. The van der Waals surface area contributed by atoms with Gasteiger partial charge in [-0.15, -0.1) is 12.4 Å². The fraction of sp³-hybridized carbons (Fsp3) is 0.0286. The maximum Gasteiger partial charge on any atom is 0.251 e. The Morgan fingerprint density at radius 1 is 0.643 bits per heavy atom. The van der Waals surface area contributed by atoms with Crippen LogP contribution in [0.25, 0.3) is 11.4 Å². The first-order chi connectivity index (χ1) is 20.3. The number of nitrogens with zero attached hydrogens (tertiary/aromatic N) is 1. The fourth-order valence-corrected chi connectivity index (χ4v) is 10.5. The number of hydrogen-bond donors (Lipinski definition) is 2. The maximum absolute atomic E-state index is 12.9. The molecule has 0 radical (unpaired) electrons. The number of imidazole rings is 1. The lowest BCUT2D eigenvalue weighted by atomic mass is 10.2. The third-order valence-electron chi connectivity index (χ3n) is 6.94. The summed E-state index contributed by atoms with van der Waals surface area (Å²) in [6.07, 6.45) is 0. The van der Waals surface area contributed by atoms with E-state index in [2.05, 4.69) is 113 Å². The van der Waals surface area contributed by atoms with Gasteiger partial charge in [-0.25, -0.2) is 4.98 Å². The quantitative estimate of drug-likeness (QED) is 0.111. The van der Waals surface area contributed by atoms with Gasteiger partial charge < -0.3 is 10.3 Å². The van der Waals surface area contributed by atoms with Crippen LogP contribution in [-0.2, 0) is 0 Å². The van der Waals surface area contributed by atoms with Crippen molar-refractivity contribution in [3.8, 4) is 11.4 Å². The predicted molar refractivity (Wildman–Crippen MR) is 181 cm³/mol. The molecule has 0 spiro atoms. The number of rotatable bonds is 9. The molecule has 0 aliphatic carbocycles. The van der Waals surface area contributed by atoms with E-state index in [1.165, 1.54) is 15.9 Å². The van der Waals surface area contributed by atoms with E-state index in [1.54, 1.807) is 11.8 Å². The monoisotopic (exact) mass is 606 g/mol. The van der Waals surface area contributed by atoms with Gasteiger partial charge in [0.05, 0.1) is 5.88 Å². The van der Waals surface area contributed by atoms with E-state index in [1.807, 2.05) is 48.5 Å². The predicted octanol–water partition coefficient (Wildman–Crippen LogP) is 6.60. The second-order valence-corrected chi connectivity index (χ2v) is 13.7. The number of halogens is 1. The zero-order valence-corrected chi connectivity index (χ0v) is 25.3. The topological polar surface area (TPSA) is 57.8 Å². The fourth-order valence-electron chi connectivity index (χ4n) is 5.06. The highest BCUT2D eigenvalue weighted by Crippen LogP contribution is 2.55. The highest BCUT2D eigenvalue weighted by atomic mass is 35.5. The standard InChI is InChI=1S/C35H28N3OPS.ClH/c39-33(28-18-8-2-9-19-28)36-26-41-35-34(37-32(38-35)27-16-6-1-7-17-27)40(29-20-10-3-11-21-29,30-22-12-4-13-23-30)31-24-14-5-15-25-31;/h1-25H,26H2,(H-,36,37,38,39);1H/p+1. The third kappa shape index (κ3) is 5.91. The minimum atomic E-state index is -2.42. The molecule has 0 aliphatic rings. The first-order valence-corrected chi connectivity index (χ1v) is 16.2. The SMILES string of the molecule is Cl.O=C(NCSc1nc(-c2ccccc2)[nH]c1[P+](c1ccccc1)(c1ccccc1)c1ccccc1)c1ccccc1. The summed E-state index contributed by atoms with van der Waals surface area (Å²) in [5.74, 6) is 1.09. The summed E-state index contributed by atoms with van der Waals surface area (Å²) >= 11 is 1.55. The Hall–Kier alpha value is -4.15. The van der Waals surface area contributed by atoms with E-state index in [0.29, 0.717) is 11.4 Å². The second-order valence-electron chi connectivity index (χ2n) is 9.44. The molecule has 42 heavy (non-hydrogen) atoms. The van der Waals surface area contributed by atoms with Crippen molar-refractivity contribution in [2.45, 2.75) is 5.03 Å². The van der Waals surface area contributed by atoms with Gasteiger partial charge in [0.2, 0.25) is 5.44 Å². The molecule has 0 unspecified atom stereocenters. The second kappa shape index (κ2) is 13.7. The summed E-state index contributed by atoms with van der Waals surface area (Å²) in [6, 6.07) is 51.7. The lowest BCUT2D eigenvalue weighted by molar-refractivity contribution is 0.0961. The first-order valence-electron chi connectivity index (χ1n) is 13.4. The normalized spacial score (nSPS) is 11.0. The molecular weight excluding hydrogens is 577 g/mol. The van der Waals surface area contributed by atoms with E-state index in [4.69, 9.17) is 4.98 Å². The Morgan fingerprint density at radius 3 is 1.55 bits per heavy atom. The number of nitrogens with one attached hydrogen (secondary N) is 2. The largest absolute Gasteiger partial charge is 0.343 e. The number of thioether (sulfide) groups is 1. The molecule has 5 aromatic carbocycles. The van der Waals surface area contributed by atoms with Crippen molar-refractivity contribution in [1.82, 2.24) is 15.3 Å². The van der Waals surface area contributed by atoms with Crippen molar-refractivity contribution in [2.75, 3.05) is 5.88 Å². The summed E-state index contributed by atoms with van der Waals surface area (Å²) in [4.78, 5) is 21.8. The number of aromatic nitrogens is 2. The van der Waals surface area contributed by atoms with E-state index >= 15 is 0 Å². The summed E-state index contributed by atoms with van der Waals surface area (Å²) in [7, 11) is -2.42. The average molecular weight is 607 g/mol. The van der Waals surface area contributed by atoms with E-state index < -0.39 is 7.26 Å². The summed E-state index contributed by atoms with van der Waals surface area (Å²) < 4.78 is 0. The molecule has 4 nitrogen and oxygen atoms in total. The molecule has 208 valence electrons. The van der Waals surface area contributed by atoms with Crippen LogP contribution in [0.2, 0.25) is 0 Å². The molecule has 0 saturated heterocycles. The average Bonchev–Trinajstić information content (AvgIpc) is 3.48. The molecule has 0 saturated carbocycles. The van der Waals surface area contributed by atoms with Gasteiger partial charge in [0.15, 0.2) is 12.3 Å². The summed E-state index contributed by atoms with van der Waals surface area (Å²) in [5.41, 5.74) is 2.72. The van der Waals surface area contributed by atoms with Gasteiger partial charge in [0.1, 0.15) is 21.7 Å². The molecule has 1 aromatic heterocycles. The van der Waals surface area contributed by atoms with E-state index in [0.717, 1.165) is 21.8 Å². The van der Waals surface area contributed by atoms with Crippen molar-refractivity contribution in [3.63, 3.8) is 0 Å². The van der Waals surface area contributed by atoms with Crippen LogP contribution in [0.3, 0.4) is 0 Å². The van der Waals surface area contributed by atoms with Gasteiger partial charge in [-0.2, -0.15) is 0 Å². The molecular formula is C35H30ClN3OPS+. The minimum Gasteiger partial charge on any atom is -0.343 e. The van der Waals surface area contributed by atoms with Gasteiger partial charge in [-0.1, -0.05) is 115 Å². The first kappa shape index (κ1) is 29.3. The Bertz CT molecular complexity index is 1620. The molecule has 0 atom stereocenters. The van der Waals surface area contributed by atoms with Crippen LogP contribution in [0.5, 0.6) is 0 Å². The molecule has 0 bridgehead atoms. The van der Waals surface area contributed by atoms with Crippen LogP contribution in [0.1, 0.15) is 10.4 Å². The zero-order valence-electron chi connectivity index (χ0n) is 22.8. The Kier molecular flexibility index (Phi) is 9.55. The van der Waals surface area contributed by atoms with Crippen LogP contribution < -0.4 is 26.7 Å². The van der Waals surface area contributed by atoms with Crippen LogP contribution in [-0.4, -0.2) is 21.8 Å². The van der Waals surface area contributed by atoms with Crippen LogP contribution in [0, 0.1) is 0 Å². The molecule has 7 heteroatoms. The minimum absolute atomic E-state index is 0. The highest BCUT2D eigenvalue weighted by Gasteiger charge is 2.51. The van der Waals surface area contributed by atoms with Crippen LogP contribution in [0.15, 0.2) is 157 Å². The molecule has 6 rings (SSSR count). The summed E-state index contributed by atoms with van der Waals surface area (Å²) in [6.45, 7) is 0. The van der Waals surface area contributed by atoms with Gasteiger partial charge in [-0.3, -0.25) is 4.79 Å². The van der Waals surface area contributed by atoms with Crippen LogP contribution >= 0.6 is 31.4 Å². The maximum atomic E-state index is 12.9. The molecule has 1 amide bonds. The smallest absolute Gasteiger partial charge is 0.251 e. The van der Waals surface area contributed by atoms with Crippen molar-refractivity contribution in [1.29, 1.82) is 0 Å². The Balaban J connectivity index is 0.00000353. The van der Waals surface area contributed by atoms with Crippen molar-refractivity contribution >= 4 is 58.7 Å². The molecule has 1 heterocycles. The number of benzene rings is 5. The van der Waals surface area contributed by atoms with Gasteiger partial charge in [0, 0.05) is 11.1 Å². The van der Waals surface area contributed by atoms with Gasteiger partial charge in [-0.05, 0) is 48.5 Å². The van der Waals surface area contributed by atoms with Crippen molar-refractivity contribution in [3.05, 3.63) is 157 Å². The van der Waals surface area contributed by atoms with E-state index in [9.17, 15) is 4.79 Å². The number of aromatic amines is 1. The number of hydrogen-bond acceptors (Lipinski definition) is 3. The molecule has 2 N–H and O–H groups in total. The molecule has 0 fully saturated rings. The highest BCUT2D eigenvalue weighted by molar-refractivity contribution is 8.04. The van der Waals surface area contributed by atoms with Crippen molar-refractivity contribution < 1.29 is 4.79 Å². The number of H-pyrrole nitrogens is 1. The molecule has 6 aromatic rings. The van der Waals surface area contributed by atoms with E-state index in [-0.39, 0.29) is 18.3 Å². The van der Waals surface area contributed by atoms with Crippen LogP contribution in [0.4, 0.5) is 0 Å². The molecule has 0 aliphatic heterocycles. The lowest BCUT2D eigenvalue weighted by Crippen LogP contribution is -2.40. The zero-order chi connectivity index (χ0) is 27.9. The number of amides is 1. The van der Waals surface area contributed by atoms with Crippen molar-refractivity contribution in [2.24, 2.45) is 0 Å². The third-order valence-corrected chi connectivity index (χ3v) is 12.2. The number of carbonyl (C=O) groups excluding carboxylic acids is 1. The van der Waals surface area contributed by atoms with Gasteiger partial charge >= 0.3 is 0 Å². The Labute approximate surface area is 257 Å².